The van der Waals surface area contributed by atoms with Gasteiger partial charge >= 0.3 is 0 Å². The minimum Gasteiger partial charge on any atom is -0.497 e. The molecule has 0 unspecified atom stereocenters. The Morgan fingerprint density at radius 2 is 2.17 bits per heavy atom. The van der Waals surface area contributed by atoms with E-state index in [4.69, 9.17) is 19.0 Å². The SMILES string of the molecule is [2H]C([2H])([2H])Nc1nc(-c2nc3cc(OC)ccc3o2)cc2cc(N)ncc12. The number of fused-ring (bicyclic) bond motifs is 2. The average molecular weight is 324 g/mol. The largest absolute Gasteiger partial charge is 0.497 e. The van der Waals surface area contributed by atoms with Gasteiger partial charge in [-0.1, -0.05) is 0 Å². The summed E-state index contributed by atoms with van der Waals surface area (Å²) < 4.78 is 33.4. The van der Waals surface area contributed by atoms with Crippen molar-refractivity contribution in [3.8, 4) is 17.3 Å². The highest BCUT2D eigenvalue weighted by atomic mass is 16.5. The van der Waals surface area contributed by atoms with Crippen LogP contribution in [0.3, 0.4) is 0 Å². The Bertz CT molecular complexity index is 1160. The lowest BCUT2D eigenvalue weighted by molar-refractivity contribution is 0.415. The smallest absolute Gasteiger partial charge is 0.246 e. The third-order valence-electron chi connectivity index (χ3n) is 3.67. The van der Waals surface area contributed by atoms with Gasteiger partial charge in [0.15, 0.2) is 5.58 Å². The molecule has 0 radical (unpaired) electrons. The summed E-state index contributed by atoms with van der Waals surface area (Å²) >= 11 is 0. The molecule has 0 aliphatic heterocycles. The van der Waals surface area contributed by atoms with E-state index in [2.05, 4.69) is 20.3 Å². The van der Waals surface area contributed by atoms with Gasteiger partial charge in [0.05, 0.1) is 7.11 Å². The van der Waals surface area contributed by atoms with E-state index in [-0.39, 0.29) is 11.7 Å². The van der Waals surface area contributed by atoms with Crippen LogP contribution in [0.2, 0.25) is 0 Å². The van der Waals surface area contributed by atoms with Crippen molar-refractivity contribution < 1.29 is 13.3 Å². The van der Waals surface area contributed by atoms with Gasteiger partial charge in [-0.3, -0.25) is 0 Å². The first kappa shape index (κ1) is 11.2. The minimum absolute atomic E-state index is 0.148. The standard InChI is InChI=1S/C17H15N5O2/c1-19-16-11-8-20-15(18)6-9(11)5-13(21-16)17-22-12-7-10(23-2)3-4-14(12)24-17/h3-8H,1-2H3,(H2,18,20)(H,19,21)/i1D3. The molecule has 3 N–H and O–H groups in total. The van der Waals surface area contributed by atoms with Crippen LogP contribution in [0.15, 0.2) is 40.9 Å². The fourth-order valence-electron chi connectivity index (χ4n) is 2.51. The van der Waals surface area contributed by atoms with Gasteiger partial charge in [-0.2, -0.15) is 0 Å². The molecular weight excluding hydrogens is 306 g/mol. The molecule has 3 aromatic heterocycles. The van der Waals surface area contributed by atoms with Crippen LogP contribution in [0.25, 0.3) is 33.5 Å². The molecule has 0 amide bonds. The zero-order chi connectivity index (χ0) is 19.2. The zero-order valence-corrected chi connectivity index (χ0v) is 12.7. The predicted octanol–water partition coefficient (Wildman–Crippen LogP) is 3.07. The Kier molecular flexibility index (Phi) is 2.52. The van der Waals surface area contributed by atoms with E-state index in [1.165, 1.54) is 6.20 Å². The van der Waals surface area contributed by atoms with Crippen LogP contribution in [0, 0.1) is 0 Å². The van der Waals surface area contributed by atoms with Crippen LogP contribution < -0.4 is 15.8 Å². The number of hydrogen-bond donors (Lipinski definition) is 2. The van der Waals surface area contributed by atoms with Crippen molar-refractivity contribution in [2.45, 2.75) is 0 Å². The Labute approximate surface area is 141 Å². The summed E-state index contributed by atoms with van der Waals surface area (Å²) in [5, 5.41) is 3.62. The summed E-state index contributed by atoms with van der Waals surface area (Å²) in [5.41, 5.74) is 7.30. The molecule has 1 aromatic carbocycles. The van der Waals surface area contributed by atoms with Crippen LogP contribution in [0.5, 0.6) is 5.75 Å². The summed E-state index contributed by atoms with van der Waals surface area (Å²) in [6.07, 6.45) is 1.48. The molecule has 3 heterocycles. The number of ether oxygens (including phenoxy) is 1. The van der Waals surface area contributed by atoms with Crippen LogP contribution in [0.4, 0.5) is 11.6 Å². The third-order valence-corrected chi connectivity index (χ3v) is 3.67. The molecule has 4 rings (SSSR count). The molecule has 0 aliphatic carbocycles. The van der Waals surface area contributed by atoms with Crippen LogP contribution in [-0.2, 0) is 0 Å². The number of oxazole rings is 1. The van der Waals surface area contributed by atoms with E-state index >= 15 is 0 Å². The van der Waals surface area contributed by atoms with Crippen LogP contribution in [0.1, 0.15) is 4.11 Å². The summed E-state index contributed by atoms with van der Waals surface area (Å²) in [6.45, 7) is -2.42. The van der Waals surface area contributed by atoms with Gasteiger partial charge in [-0.25, -0.2) is 15.0 Å². The van der Waals surface area contributed by atoms with E-state index < -0.39 is 6.98 Å². The van der Waals surface area contributed by atoms with Crippen LogP contribution in [-0.4, -0.2) is 29.0 Å². The van der Waals surface area contributed by atoms with Crippen molar-refractivity contribution >= 4 is 33.5 Å². The first-order valence-corrected chi connectivity index (χ1v) is 7.12. The second-order valence-electron chi connectivity index (χ2n) is 5.16. The number of anilines is 2. The maximum absolute atomic E-state index is 7.48. The van der Waals surface area contributed by atoms with Gasteiger partial charge in [0.25, 0.3) is 0 Å². The van der Waals surface area contributed by atoms with Crippen LogP contribution >= 0.6 is 0 Å². The number of rotatable bonds is 3. The molecule has 0 spiro atoms. The Balaban J connectivity index is 1.90. The number of nitrogens with two attached hydrogens (primary N) is 1. The highest BCUT2D eigenvalue weighted by Gasteiger charge is 2.14. The average Bonchev–Trinajstić information content (AvgIpc) is 3.03. The van der Waals surface area contributed by atoms with Gasteiger partial charge in [-0.15, -0.1) is 0 Å². The Morgan fingerprint density at radius 3 is 3.00 bits per heavy atom. The first-order chi connectivity index (χ1) is 12.8. The lowest BCUT2D eigenvalue weighted by Gasteiger charge is -2.07. The molecule has 0 saturated heterocycles. The van der Waals surface area contributed by atoms with E-state index in [0.717, 1.165) is 0 Å². The Hall–Kier alpha value is -3.35. The molecular formula is C17H15N5O2. The number of benzene rings is 1. The number of nitrogens with one attached hydrogen (secondary N) is 1. The molecule has 7 nitrogen and oxygen atoms in total. The summed E-state index contributed by atoms with van der Waals surface area (Å²) in [5.74, 6) is 1.36. The van der Waals surface area contributed by atoms with Gasteiger partial charge < -0.3 is 20.2 Å². The summed E-state index contributed by atoms with van der Waals surface area (Å²) in [4.78, 5) is 12.8. The number of methoxy groups -OCH3 is 1. The topological polar surface area (TPSA) is 99.1 Å². The number of hydrogen-bond acceptors (Lipinski definition) is 7. The zero-order valence-electron chi connectivity index (χ0n) is 15.7. The normalized spacial score (nSPS) is 13.5. The summed E-state index contributed by atoms with van der Waals surface area (Å²) in [7, 11) is 1.57. The van der Waals surface area contributed by atoms with Gasteiger partial charge in [0.2, 0.25) is 5.89 Å². The van der Waals surface area contributed by atoms with E-state index in [9.17, 15) is 0 Å². The van der Waals surface area contributed by atoms with Crippen molar-refractivity contribution in [1.29, 1.82) is 0 Å². The second-order valence-corrected chi connectivity index (χ2v) is 5.16. The summed E-state index contributed by atoms with van der Waals surface area (Å²) in [6, 6.07) is 8.61. The quantitative estimate of drug-likeness (QED) is 0.597. The fourth-order valence-corrected chi connectivity index (χ4v) is 2.51. The number of pyridine rings is 2. The maximum atomic E-state index is 7.48. The fraction of sp³-hybridized carbons (Fsp3) is 0.118. The molecule has 24 heavy (non-hydrogen) atoms. The molecule has 0 fully saturated rings. The number of nitrogens with zero attached hydrogens (tertiary/aromatic N) is 3. The second kappa shape index (κ2) is 5.38. The van der Waals surface area contributed by atoms with Crippen molar-refractivity contribution in [3.05, 3.63) is 36.5 Å². The van der Waals surface area contributed by atoms with Crippen molar-refractivity contribution in [1.82, 2.24) is 15.0 Å². The third kappa shape index (κ3) is 2.26. The molecule has 0 bridgehead atoms. The lowest BCUT2D eigenvalue weighted by atomic mass is 10.1. The molecule has 7 heteroatoms. The van der Waals surface area contributed by atoms with Crippen molar-refractivity contribution in [2.75, 3.05) is 25.1 Å². The molecule has 4 aromatic rings. The number of nitrogen functional groups attached to an aromatic ring is 1. The minimum atomic E-state index is -2.42. The molecule has 120 valence electrons. The van der Waals surface area contributed by atoms with E-state index in [1.54, 1.807) is 37.4 Å². The predicted molar refractivity (Wildman–Crippen MR) is 93.1 cm³/mol. The number of aromatic nitrogens is 3. The molecule has 0 aliphatic rings. The van der Waals surface area contributed by atoms with Crippen molar-refractivity contribution in [2.24, 2.45) is 0 Å². The molecule has 0 saturated carbocycles. The van der Waals surface area contributed by atoms with Gasteiger partial charge in [0.1, 0.15) is 28.6 Å². The maximum Gasteiger partial charge on any atom is 0.246 e. The van der Waals surface area contributed by atoms with Crippen molar-refractivity contribution in [3.63, 3.8) is 0 Å². The van der Waals surface area contributed by atoms with Gasteiger partial charge in [0, 0.05) is 28.7 Å². The molecule has 0 atom stereocenters. The monoisotopic (exact) mass is 324 g/mol. The van der Waals surface area contributed by atoms with E-state index in [0.29, 0.717) is 39.1 Å². The van der Waals surface area contributed by atoms with E-state index in [1.807, 2.05) is 0 Å². The first-order valence-electron chi connectivity index (χ1n) is 8.62. The Morgan fingerprint density at radius 1 is 1.25 bits per heavy atom. The lowest BCUT2D eigenvalue weighted by Crippen LogP contribution is -1.98. The highest BCUT2D eigenvalue weighted by Crippen LogP contribution is 2.30. The van der Waals surface area contributed by atoms with Gasteiger partial charge in [-0.05, 0) is 29.7 Å². The highest BCUT2D eigenvalue weighted by molar-refractivity contribution is 5.94.